The van der Waals surface area contributed by atoms with Crippen molar-refractivity contribution in [2.75, 3.05) is 26.9 Å². The number of carboxylic acid groups (broad SMARTS) is 1. The lowest BCUT2D eigenvalue weighted by Crippen LogP contribution is -2.39. The van der Waals surface area contributed by atoms with Gasteiger partial charge >= 0.3 is 5.97 Å². The van der Waals surface area contributed by atoms with Gasteiger partial charge in [-0.25, -0.2) is 4.79 Å². The molecule has 0 heterocycles. The van der Waals surface area contributed by atoms with Gasteiger partial charge in [0.15, 0.2) is 5.54 Å². The summed E-state index contributed by atoms with van der Waals surface area (Å²) in [6.45, 7) is 3.05. The summed E-state index contributed by atoms with van der Waals surface area (Å²) in [7, 11) is 1.60. The monoisotopic (exact) mass is 395 g/mol. The van der Waals surface area contributed by atoms with Crippen LogP contribution in [0.3, 0.4) is 0 Å². The Hall–Kier alpha value is -2.76. The molecule has 0 aliphatic heterocycles. The van der Waals surface area contributed by atoms with Gasteiger partial charge in [0.05, 0.1) is 18.9 Å². The first kappa shape index (κ1) is 22.5. The van der Waals surface area contributed by atoms with Crippen LogP contribution in [0.4, 0.5) is 0 Å². The van der Waals surface area contributed by atoms with Crippen molar-refractivity contribution in [3.63, 3.8) is 0 Å². The summed E-state index contributed by atoms with van der Waals surface area (Å²) in [6, 6.07) is 19.4. The molecular weight excluding hydrogens is 366 g/mol. The van der Waals surface area contributed by atoms with E-state index in [1.54, 1.807) is 7.11 Å². The smallest absolute Gasteiger partial charge is 0.332 e. The average Bonchev–Trinajstić information content (AvgIpc) is 2.76. The lowest BCUT2D eigenvalue weighted by molar-refractivity contribution is -0.143. The molecule has 154 valence electrons. The molecule has 2 aromatic rings. The molecule has 0 aliphatic carbocycles. The average molecular weight is 395 g/mol. The molecule has 1 N–H and O–H groups in total. The number of aliphatic carboxylic acids is 1. The number of carboxylic acids is 1. The Morgan fingerprint density at radius 2 is 1.59 bits per heavy atom. The fraction of sp³-hybridized carbons (Fsp3) is 0.333. The Bertz CT molecular complexity index is 761. The van der Waals surface area contributed by atoms with E-state index < -0.39 is 11.5 Å². The van der Waals surface area contributed by atoms with Crippen LogP contribution in [0, 0.1) is 0 Å². The van der Waals surface area contributed by atoms with E-state index in [1.807, 2.05) is 79.7 Å². The number of allylic oxidation sites excluding steroid dienone is 1. The highest BCUT2D eigenvalue weighted by Crippen LogP contribution is 2.26. The summed E-state index contributed by atoms with van der Waals surface area (Å²) < 4.78 is 10.6. The van der Waals surface area contributed by atoms with Gasteiger partial charge in [0.2, 0.25) is 0 Å². The molecule has 0 amide bonds. The van der Waals surface area contributed by atoms with Gasteiger partial charge in [-0.1, -0.05) is 72.8 Å². The molecule has 0 bridgehead atoms. The van der Waals surface area contributed by atoms with E-state index in [0.29, 0.717) is 18.9 Å². The minimum Gasteiger partial charge on any atom is -0.479 e. The van der Waals surface area contributed by atoms with Crippen LogP contribution in [0.25, 0.3) is 0 Å². The molecular formula is C24H29NO4. The van der Waals surface area contributed by atoms with Crippen molar-refractivity contribution in [1.29, 1.82) is 0 Å². The zero-order chi connectivity index (χ0) is 21.0. The standard InChI is InChI=1S/C24H29NO4/c1-3-4-15-24(23(26)27,16-17-29-19-18-28-2)25-22(20-11-7-5-8-12-20)21-13-9-6-10-14-21/h3-14H,15-19H2,1-2H3,(H,26,27). The summed E-state index contributed by atoms with van der Waals surface area (Å²) in [4.78, 5) is 17.3. The molecule has 0 fully saturated rings. The minimum atomic E-state index is -1.32. The number of nitrogens with zero attached hydrogens (tertiary/aromatic N) is 1. The number of hydrogen-bond donors (Lipinski definition) is 1. The number of aliphatic imine (C=N–C) groups is 1. The normalized spacial score (nSPS) is 13.2. The van der Waals surface area contributed by atoms with Gasteiger partial charge in [-0.05, 0) is 6.92 Å². The molecule has 0 spiro atoms. The van der Waals surface area contributed by atoms with E-state index in [0.717, 1.165) is 11.1 Å². The highest BCUT2D eigenvalue weighted by Gasteiger charge is 2.37. The molecule has 0 radical (unpaired) electrons. The predicted molar refractivity (Wildman–Crippen MR) is 116 cm³/mol. The zero-order valence-electron chi connectivity index (χ0n) is 17.1. The van der Waals surface area contributed by atoms with Crippen LogP contribution < -0.4 is 0 Å². The van der Waals surface area contributed by atoms with Crippen LogP contribution >= 0.6 is 0 Å². The second-order valence-electron chi connectivity index (χ2n) is 6.66. The number of methoxy groups -OCH3 is 1. The number of hydrogen-bond acceptors (Lipinski definition) is 4. The summed E-state index contributed by atoms with van der Waals surface area (Å²) in [5.41, 5.74) is 1.10. The summed E-state index contributed by atoms with van der Waals surface area (Å²) in [6.07, 6.45) is 4.25. The first-order chi connectivity index (χ1) is 14.1. The third kappa shape index (κ3) is 6.66. The lowest BCUT2D eigenvalue weighted by atomic mass is 9.90. The van der Waals surface area contributed by atoms with Gasteiger partial charge in [0, 0.05) is 37.7 Å². The molecule has 2 rings (SSSR count). The second-order valence-corrected chi connectivity index (χ2v) is 6.66. The van der Waals surface area contributed by atoms with Crippen molar-refractivity contribution in [3.8, 4) is 0 Å². The first-order valence-electron chi connectivity index (χ1n) is 9.75. The van der Waals surface area contributed by atoms with Gasteiger partial charge in [0.25, 0.3) is 0 Å². The van der Waals surface area contributed by atoms with Crippen molar-refractivity contribution in [2.24, 2.45) is 4.99 Å². The highest BCUT2D eigenvalue weighted by molar-refractivity contribution is 6.13. The largest absolute Gasteiger partial charge is 0.479 e. The van der Waals surface area contributed by atoms with E-state index >= 15 is 0 Å². The van der Waals surface area contributed by atoms with Gasteiger partial charge in [0.1, 0.15) is 0 Å². The highest BCUT2D eigenvalue weighted by atomic mass is 16.5. The molecule has 0 saturated heterocycles. The van der Waals surface area contributed by atoms with Crippen LogP contribution in [-0.4, -0.2) is 49.3 Å². The Balaban J connectivity index is 2.48. The third-order valence-corrected chi connectivity index (χ3v) is 4.60. The van der Waals surface area contributed by atoms with Gasteiger partial charge in [-0.3, -0.25) is 4.99 Å². The predicted octanol–water partition coefficient (Wildman–Crippen LogP) is 4.37. The molecule has 5 heteroatoms. The van der Waals surface area contributed by atoms with Crippen LogP contribution in [0.1, 0.15) is 30.9 Å². The fourth-order valence-electron chi connectivity index (χ4n) is 2.95. The van der Waals surface area contributed by atoms with Crippen molar-refractivity contribution < 1.29 is 19.4 Å². The maximum atomic E-state index is 12.4. The Morgan fingerprint density at radius 1 is 1.00 bits per heavy atom. The Morgan fingerprint density at radius 3 is 2.07 bits per heavy atom. The van der Waals surface area contributed by atoms with E-state index in [2.05, 4.69) is 0 Å². The molecule has 29 heavy (non-hydrogen) atoms. The lowest BCUT2D eigenvalue weighted by Gasteiger charge is -2.26. The third-order valence-electron chi connectivity index (χ3n) is 4.60. The van der Waals surface area contributed by atoms with E-state index in [1.165, 1.54) is 0 Å². The molecule has 0 saturated carbocycles. The molecule has 1 atom stereocenters. The molecule has 2 aromatic carbocycles. The fourth-order valence-corrected chi connectivity index (χ4v) is 2.95. The summed E-state index contributed by atoms with van der Waals surface area (Å²) in [5.74, 6) is -0.963. The number of benzene rings is 2. The second kappa shape index (κ2) is 11.9. The van der Waals surface area contributed by atoms with Crippen molar-refractivity contribution in [2.45, 2.75) is 25.3 Å². The van der Waals surface area contributed by atoms with Crippen LogP contribution in [0.15, 0.2) is 77.8 Å². The van der Waals surface area contributed by atoms with Gasteiger partial charge in [-0.15, -0.1) is 0 Å². The topological polar surface area (TPSA) is 68.1 Å². The maximum absolute atomic E-state index is 12.4. The molecule has 0 aromatic heterocycles. The van der Waals surface area contributed by atoms with Gasteiger partial charge in [-0.2, -0.15) is 0 Å². The molecule has 1 unspecified atom stereocenters. The summed E-state index contributed by atoms with van der Waals surface area (Å²) >= 11 is 0. The van der Waals surface area contributed by atoms with Gasteiger partial charge < -0.3 is 14.6 Å². The van der Waals surface area contributed by atoms with Crippen LogP contribution in [0.2, 0.25) is 0 Å². The summed E-state index contributed by atoms with van der Waals surface area (Å²) in [5, 5.41) is 10.2. The maximum Gasteiger partial charge on any atom is 0.332 e. The van der Waals surface area contributed by atoms with E-state index in [-0.39, 0.29) is 19.4 Å². The van der Waals surface area contributed by atoms with E-state index in [4.69, 9.17) is 14.5 Å². The van der Waals surface area contributed by atoms with Crippen molar-refractivity contribution in [3.05, 3.63) is 83.9 Å². The van der Waals surface area contributed by atoms with E-state index in [9.17, 15) is 9.90 Å². The molecule has 0 aliphatic rings. The van der Waals surface area contributed by atoms with Crippen LogP contribution in [0.5, 0.6) is 0 Å². The first-order valence-corrected chi connectivity index (χ1v) is 9.75. The number of carbonyl (C=O) groups is 1. The number of rotatable bonds is 12. The Kier molecular flexibility index (Phi) is 9.28. The van der Waals surface area contributed by atoms with Crippen LogP contribution in [-0.2, 0) is 14.3 Å². The quantitative estimate of drug-likeness (QED) is 0.329. The van der Waals surface area contributed by atoms with Crippen molar-refractivity contribution in [1.82, 2.24) is 0 Å². The molecule has 5 nitrogen and oxygen atoms in total. The number of ether oxygens (including phenoxy) is 2. The van der Waals surface area contributed by atoms with Crippen molar-refractivity contribution >= 4 is 11.7 Å². The zero-order valence-corrected chi connectivity index (χ0v) is 17.1. The Labute approximate surface area is 172 Å². The SMILES string of the molecule is CC=CCC(CCOCCOC)(N=C(c1ccccc1)c1ccccc1)C(=O)O. The minimum absolute atomic E-state index is 0.263.